The van der Waals surface area contributed by atoms with Gasteiger partial charge in [-0.3, -0.25) is 4.79 Å². The van der Waals surface area contributed by atoms with Crippen LogP contribution in [0.2, 0.25) is 0 Å². The van der Waals surface area contributed by atoms with E-state index in [2.05, 4.69) is 24.9 Å². The Hall–Kier alpha value is -1.15. The molecule has 0 aliphatic carbocycles. The predicted molar refractivity (Wildman–Crippen MR) is 140 cm³/mol. The number of hydrogen-bond acceptors (Lipinski definition) is 7. The maximum atomic E-state index is 12.8. The molecular weight excluding hydrogens is 454 g/mol. The minimum Gasteiger partial charge on any atom is -0.457 e. The van der Waals surface area contributed by atoms with Gasteiger partial charge in [-0.15, -0.1) is 23.1 Å². The Labute approximate surface area is 207 Å². The van der Waals surface area contributed by atoms with E-state index in [1.54, 1.807) is 11.3 Å². The standard InChI is InChI=1S/C26H41NO4S2/c1-16-9-8-10-17(2)25(30)19(4)33-26(6,7)23(28)14-24(29)31-22(12-11-16)18(3)13-21-15-32-20(5)27-21/h11,13,15,17,19,22-23,25,28,30H,8-10,12,14H2,1-7H3/t17-,19+,22-,23+,25-/m0/s1. The number of thioether (sulfide) groups is 1. The molecule has 33 heavy (non-hydrogen) atoms. The number of allylic oxidation sites excluding steroid dienone is 1. The summed E-state index contributed by atoms with van der Waals surface area (Å²) in [5, 5.41) is 24.6. The number of rotatable bonds is 2. The van der Waals surface area contributed by atoms with Crippen LogP contribution in [0, 0.1) is 12.8 Å². The van der Waals surface area contributed by atoms with Crippen molar-refractivity contribution in [3.05, 3.63) is 33.3 Å². The summed E-state index contributed by atoms with van der Waals surface area (Å²) in [5.41, 5.74) is 3.07. The molecule has 186 valence electrons. The van der Waals surface area contributed by atoms with Crippen LogP contribution in [0.5, 0.6) is 0 Å². The van der Waals surface area contributed by atoms with E-state index in [4.69, 9.17) is 4.74 Å². The molecule has 1 aromatic rings. The van der Waals surface area contributed by atoms with Crippen molar-refractivity contribution in [1.82, 2.24) is 4.98 Å². The fraction of sp³-hybridized carbons (Fsp3) is 0.692. The molecule has 0 spiro atoms. The van der Waals surface area contributed by atoms with Gasteiger partial charge in [0.05, 0.1) is 29.3 Å². The van der Waals surface area contributed by atoms with Crippen LogP contribution in [0.3, 0.4) is 0 Å². The Balaban J connectivity index is 2.27. The molecule has 1 aromatic heterocycles. The Morgan fingerprint density at radius 2 is 1.97 bits per heavy atom. The highest BCUT2D eigenvalue weighted by atomic mass is 32.2. The molecule has 0 bridgehead atoms. The van der Waals surface area contributed by atoms with Gasteiger partial charge in [0.1, 0.15) is 6.10 Å². The lowest BCUT2D eigenvalue weighted by Crippen LogP contribution is -2.40. The molecule has 2 rings (SSSR count). The average molecular weight is 496 g/mol. The Morgan fingerprint density at radius 1 is 1.27 bits per heavy atom. The molecule has 0 unspecified atom stereocenters. The van der Waals surface area contributed by atoms with E-state index < -0.39 is 29.0 Å². The molecule has 0 radical (unpaired) electrons. The highest BCUT2D eigenvalue weighted by Gasteiger charge is 2.35. The summed E-state index contributed by atoms with van der Waals surface area (Å²) in [5.74, 6) is -0.242. The number of cyclic esters (lactones) is 1. The Kier molecular flexibility index (Phi) is 10.7. The molecule has 7 heteroatoms. The fourth-order valence-electron chi connectivity index (χ4n) is 4.08. The third-order valence-corrected chi connectivity index (χ3v) is 8.74. The van der Waals surface area contributed by atoms with Gasteiger partial charge in [0.15, 0.2) is 0 Å². The maximum absolute atomic E-state index is 12.8. The monoisotopic (exact) mass is 495 g/mol. The van der Waals surface area contributed by atoms with Gasteiger partial charge in [0, 0.05) is 21.8 Å². The van der Waals surface area contributed by atoms with Gasteiger partial charge in [-0.05, 0) is 71.4 Å². The van der Waals surface area contributed by atoms with Gasteiger partial charge in [0.2, 0.25) is 0 Å². The van der Waals surface area contributed by atoms with E-state index in [-0.39, 0.29) is 17.6 Å². The smallest absolute Gasteiger partial charge is 0.309 e. The van der Waals surface area contributed by atoms with Gasteiger partial charge in [0.25, 0.3) is 0 Å². The van der Waals surface area contributed by atoms with E-state index in [9.17, 15) is 15.0 Å². The third-order valence-electron chi connectivity index (χ3n) is 6.42. The molecule has 0 amide bonds. The Morgan fingerprint density at radius 3 is 2.61 bits per heavy atom. The van der Waals surface area contributed by atoms with Crippen molar-refractivity contribution >= 4 is 35.1 Å². The second-order valence-electron chi connectivity index (χ2n) is 9.95. The number of nitrogens with zero attached hydrogens (tertiary/aromatic N) is 1. The third kappa shape index (κ3) is 8.85. The molecular formula is C26H41NO4S2. The lowest BCUT2D eigenvalue weighted by atomic mass is 9.94. The number of carbonyl (C=O) groups is 1. The Bertz CT molecular complexity index is 845. The first-order valence-electron chi connectivity index (χ1n) is 11.9. The van der Waals surface area contributed by atoms with Crippen LogP contribution in [0.25, 0.3) is 6.08 Å². The maximum Gasteiger partial charge on any atom is 0.309 e. The first kappa shape index (κ1) is 28.1. The molecule has 1 aliphatic rings. The van der Waals surface area contributed by atoms with Gasteiger partial charge in [-0.1, -0.05) is 25.5 Å². The first-order chi connectivity index (χ1) is 15.4. The molecule has 2 heterocycles. The van der Waals surface area contributed by atoms with Crippen LogP contribution in [-0.2, 0) is 9.53 Å². The zero-order valence-corrected chi connectivity index (χ0v) is 22.8. The second-order valence-corrected chi connectivity index (χ2v) is 13.0. The van der Waals surface area contributed by atoms with Gasteiger partial charge in [-0.2, -0.15) is 0 Å². The van der Waals surface area contributed by atoms with Crippen LogP contribution in [0.4, 0.5) is 0 Å². The summed E-state index contributed by atoms with van der Waals surface area (Å²) in [4.78, 5) is 17.3. The van der Waals surface area contributed by atoms with E-state index in [0.29, 0.717) is 6.42 Å². The summed E-state index contributed by atoms with van der Waals surface area (Å²) >= 11 is 3.13. The number of aryl methyl sites for hydroxylation is 1. The lowest BCUT2D eigenvalue weighted by Gasteiger charge is -2.35. The van der Waals surface area contributed by atoms with Gasteiger partial charge in [-0.25, -0.2) is 4.98 Å². The average Bonchev–Trinajstić information content (AvgIpc) is 3.13. The zero-order chi connectivity index (χ0) is 24.8. The molecule has 0 saturated heterocycles. The van der Waals surface area contributed by atoms with E-state index in [0.717, 1.165) is 35.5 Å². The van der Waals surface area contributed by atoms with E-state index in [1.165, 1.54) is 17.3 Å². The molecule has 0 aromatic carbocycles. The predicted octanol–water partition coefficient (Wildman–Crippen LogP) is 5.94. The second kappa shape index (κ2) is 12.5. The normalized spacial score (nSPS) is 31.1. The molecule has 2 N–H and O–H groups in total. The van der Waals surface area contributed by atoms with Gasteiger partial charge < -0.3 is 14.9 Å². The van der Waals surface area contributed by atoms with Crippen LogP contribution in [0.1, 0.15) is 84.3 Å². The van der Waals surface area contributed by atoms with Crippen molar-refractivity contribution < 1.29 is 19.7 Å². The number of esters is 1. The molecule has 0 fully saturated rings. The van der Waals surface area contributed by atoms with E-state index in [1.807, 2.05) is 46.1 Å². The summed E-state index contributed by atoms with van der Waals surface area (Å²) in [6.45, 7) is 14.0. The lowest BCUT2D eigenvalue weighted by molar-refractivity contribution is -0.149. The largest absolute Gasteiger partial charge is 0.457 e. The molecule has 0 saturated carbocycles. The molecule has 5 atom stereocenters. The van der Waals surface area contributed by atoms with Crippen LogP contribution < -0.4 is 0 Å². The number of hydrogen-bond donors (Lipinski definition) is 2. The minimum absolute atomic E-state index is 0.0512. The number of aliphatic hydroxyl groups is 2. The van der Waals surface area contributed by atoms with Crippen LogP contribution >= 0.6 is 23.1 Å². The van der Waals surface area contributed by atoms with Crippen molar-refractivity contribution in [3.8, 4) is 0 Å². The quantitative estimate of drug-likeness (QED) is 0.391. The summed E-state index contributed by atoms with van der Waals surface area (Å²) in [6, 6.07) is 0. The zero-order valence-electron chi connectivity index (χ0n) is 21.1. The number of aliphatic hydroxyl groups excluding tert-OH is 2. The van der Waals surface area contributed by atoms with Crippen molar-refractivity contribution in [1.29, 1.82) is 0 Å². The van der Waals surface area contributed by atoms with Crippen molar-refractivity contribution in [2.45, 2.75) is 109 Å². The summed E-state index contributed by atoms with van der Waals surface area (Å²) in [7, 11) is 0. The summed E-state index contributed by atoms with van der Waals surface area (Å²) < 4.78 is 5.28. The van der Waals surface area contributed by atoms with Crippen molar-refractivity contribution in [2.24, 2.45) is 5.92 Å². The number of ether oxygens (including phenoxy) is 1. The van der Waals surface area contributed by atoms with Crippen molar-refractivity contribution in [2.75, 3.05) is 0 Å². The first-order valence-corrected chi connectivity index (χ1v) is 13.6. The van der Waals surface area contributed by atoms with Gasteiger partial charge >= 0.3 is 5.97 Å². The number of carbonyl (C=O) groups excluding carboxylic acids is 1. The highest BCUT2D eigenvalue weighted by molar-refractivity contribution is 8.01. The number of thiazole rings is 1. The van der Waals surface area contributed by atoms with E-state index >= 15 is 0 Å². The van der Waals surface area contributed by atoms with Crippen molar-refractivity contribution in [3.63, 3.8) is 0 Å². The molecule has 5 nitrogen and oxygen atoms in total. The summed E-state index contributed by atoms with van der Waals surface area (Å²) in [6.07, 6.45) is 5.79. The molecule has 1 aliphatic heterocycles. The van der Waals surface area contributed by atoms with Crippen LogP contribution in [0.15, 0.2) is 22.6 Å². The topological polar surface area (TPSA) is 79.7 Å². The minimum atomic E-state index is -0.878. The highest BCUT2D eigenvalue weighted by Crippen LogP contribution is 2.37. The number of aromatic nitrogens is 1. The fourth-order valence-corrected chi connectivity index (χ4v) is 6.26. The van der Waals surface area contributed by atoms with Crippen LogP contribution in [-0.4, -0.2) is 49.5 Å². The SMILES string of the molecule is CC1=CC[C@@H](C(C)=Cc2csc(C)n2)OC(=O)C[C@@H](O)C(C)(C)S[C@H](C)[C@@H](O)[C@@H](C)CCC1.